The second-order valence-corrected chi connectivity index (χ2v) is 8.28. The third-order valence-corrected chi connectivity index (χ3v) is 5.16. The molecule has 5 nitrogen and oxygen atoms in total. The summed E-state index contributed by atoms with van der Waals surface area (Å²) in [6.45, 7) is 5.31. The van der Waals surface area contributed by atoms with Crippen LogP contribution in [0.4, 0.5) is 0 Å². The van der Waals surface area contributed by atoms with Crippen molar-refractivity contribution in [3.05, 3.63) is 0 Å². The van der Waals surface area contributed by atoms with Gasteiger partial charge in [0.15, 0.2) is 0 Å². The molecule has 1 aliphatic heterocycles. The average molecular weight is 292 g/mol. The minimum Gasteiger partial charge on any atom is -0.379 e. The van der Waals surface area contributed by atoms with E-state index in [-0.39, 0.29) is 11.6 Å². The number of hydrogen-bond donors (Lipinski definition) is 1. The van der Waals surface area contributed by atoms with Gasteiger partial charge in [0.25, 0.3) is 0 Å². The molecule has 1 aliphatic rings. The molecule has 0 aromatic heterocycles. The Morgan fingerprint density at radius 2 is 2.11 bits per heavy atom. The van der Waals surface area contributed by atoms with Gasteiger partial charge in [-0.25, -0.2) is 12.7 Å². The van der Waals surface area contributed by atoms with Crippen LogP contribution < -0.4 is 5.73 Å². The third-order valence-electron chi connectivity index (χ3n) is 3.89. The number of piperidine rings is 1. The number of hydrogen-bond acceptors (Lipinski definition) is 4. The van der Waals surface area contributed by atoms with Crippen LogP contribution in [0.5, 0.6) is 0 Å². The molecular weight excluding hydrogens is 264 g/mol. The van der Waals surface area contributed by atoms with Crippen LogP contribution in [0, 0.1) is 5.92 Å². The van der Waals surface area contributed by atoms with Gasteiger partial charge in [0.05, 0.1) is 11.9 Å². The standard InChI is InChI=1S/C13H28N2O3S/c1-13(2,18-3)9-12(14)8-11-6-5-7-15(10-11)19(4,16)17/h11-12H,5-10,14H2,1-4H3. The first-order valence-electron chi connectivity index (χ1n) is 6.90. The summed E-state index contributed by atoms with van der Waals surface area (Å²) >= 11 is 0. The highest BCUT2D eigenvalue weighted by molar-refractivity contribution is 7.88. The van der Waals surface area contributed by atoms with Crippen molar-refractivity contribution in [2.45, 2.75) is 51.2 Å². The SMILES string of the molecule is COC(C)(C)CC(N)CC1CCCN(S(C)(=O)=O)C1. The minimum atomic E-state index is -3.07. The fourth-order valence-corrected chi connectivity index (χ4v) is 3.69. The molecule has 0 aromatic carbocycles. The van der Waals surface area contributed by atoms with Crippen LogP contribution in [-0.2, 0) is 14.8 Å². The lowest BCUT2D eigenvalue weighted by atomic mass is 9.88. The molecule has 1 heterocycles. The first-order valence-corrected chi connectivity index (χ1v) is 8.75. The van der Waals surface area contributed by atoms with E-state index < -0.39 is 10.0 Å². The van der Waals surface area contributed by atoms with Crippen LogP contribution in [0.3, 0.4) is 0 Å². The topological polar surface area (TPSA) is 72.6 Å². The fourth-order valence-electron chi connectivity index (χ4n) is 2.75. The van der Waals surface area contributed by atoms with Gasteiger partial charge in [0, 0.05) is 26.2 Å². The zero-order valence-electron chi connectivity index (χ0n) is 12.6. The second kappa shape index (κ2) is 6.52. The lowest BCUT2D eigenvalue weighted by Crippen LogP contribution is -2.42. The highest BCUT2D eigenvalue weighted by atomic mass is 32.2. The number of rotatable bonds is 6. The molecular formula is C13H28N2O3S. The van der Waals surface area contributed by atoms with E-state index in [0.717, 1.165) is 25.7 Å². The third kappa shape index (κ3) is 5.77. The Kier molecular flexibility index (Phi) is 5.79. The van der Waals surface area contributed by atoms with E-state index in [1.165, 1.54) is 6.26 Å². The highest BCUT2D eigenvalue weighted by Gasteiger charge is 2.28. The quantitative estimate of drug-likeness (QED) is 0.798. The average Bonchev–Trinajstić information content (AvgIpc) is 2.27. The maximum absolute atomic E-state index is 11.6. The van der Waals surface area contributed by atoms with E-state index in [0.29, 0.717) is 19.0 Å². The van der Waals surface area contributed by atoms with Crippen molar-refractivity contribution in [1.29, 1.82) is 0 Å². The Balaban J connectivity index is 2.49. The molecule has 2 atom stereocenters. The molecule has 1 fully saturated rings. The predicted octanol–water partition coefficient (Wildman–Crippen LogP) is 1.19. The van der Waals surface area contributed by atoms with Crippen LogP contribution in [0.1, 0.15) is 39.5 Å². The van der Waals surface area contributed by atoms with Gasteiger partial charge in [-0.15, -0.1) is 0 Å². The van der Waals surface area contributed by atoms with E-state index in [1.807, 2.05) is 13.8 Å². The summed E-state index contributed by atoms with van der Waals surface area (Å²) < 4.78 is 30.1. The zero-order chi connectivity index (χ0) is 14.7. The molecule has 1 rings (SSSR count). The van der Waals surface area contributed by atoms with Gasteiger partial charge >= 0.3 is 0 Å². The Labute approximate surface area is 117 Å². The zero-order valence-corrected chi connectivity index (χ0v) is 13.4. The Bertz CT molecular complexity index is 381. The van der Waals surface area contributed by atoms with E-state index >= 15 is 0 Å². The van der Waals surface area contributed by atoms with Gasteiger partial charge in [0.2, 0.25) is 10.0 Å². The van der Waals surface area contributed by atoms with Crippen LogP contribution in [0.15, 0.2) is 0 Å². The van der Waals surface area contributed by atoms with Crippen molar-refractivity contribution in [3.63, 3.8) is 0 Å². The molecule has 0 aromatic rings. The first-order chi connectivity index (χ1) is 8.64. The normalized spacial score (nSPS) is 24.4. The lowest BCUT2D eigenvalue weighted by molar-refractivity contribution is 0.00780. The van der Waals surface area contributed by atoms with E-state index in [1.54, 1.807) is 11.4 Å². The summed E-state index contributed by atoms with van der Waals surface area (Å²) in [7, 11) is -1.37. The van der Waals surface area contributed by atoms with Crippen molar-refractivity contribution in [1.82, 2.24) is 4.31 Å². The summed E-state index contributed by atoms with van der Waals surface area (Å²) in [6.07, 6.45) is 4.92. The van der Waals surface area contributed by atoms with Crippen molar-refractivity contribution in [2.24, 2.45) is 11.7 Å². The Morgan fingerprint density at radius 1 is 1.47 bits per heavy atom. The highest BCUT2D eigenvalue weighted by Crippen LogP contribution is 2.25. The molecule has 114 valence electrons. The largest absolute Gasteiger partial charge is 0.379 e. The predicted molar refractivity (Wildman–Crippen MR) is 77.4 cm³/mol. The van der Waals surface area contributed by atoms with Crippen molar-refractivity contribution < 1.29 is 13.2 Å². The summed E-state index contributed by atoms with van der Waals surface area (Å²) in [6, 6.07) is 0.0551. The number of ether oxygens (including phenoxy) is 1. The summed E-state index contributed by atoms with van der Waals surface area (Å²) in [5, 5.41) is 0. The van der Waals surface area contributed by atoms with E-state index in [9.17, 15) is 8.42 Å². The van der Waals surface area contributed by atoms with Gasteiger partial charge in [-0.2, -0.15) is 0 Å². The lowest BCUT2D eigenvalue weighted by Gasteiger charge is -2.34. The Hall–Kier alpha value is -0.170. The number of nitrogens with two attached hydrogens (primary N) is 1. The van der Waals surface area contributed by atoms with Crippen molar-refractivity contribution in [3.8, 4) is 0 Å². The van der Waals surface area contributed by atoms with Crippen LogP contribution in [0.2, 0.25) is 0 Å². The summed E-state index contributed by atoms with van der Waals surface area (Å²) in [4.78, 5) is 0. The first kappa shape index (κ1) is 16.9. The van der Waals surface area contributed by atoms with Gasteiger partial charge in [-0.1, -0.05) is 0 Å². The molecule has 0 spiro atoms. The monoisotopic (exact) mass is 292 g/mol. The maximum atomic E-state index is 11.6. The molecule has 0 radical (unpaired) electrons. The molecule has 19 heavy (non-hydrogen) atoms. The van der Waals surface area contributed by atoms with Crippen LogP contribution in [-0.4, -0.2) is 50.8 Å². The molecule has 0 saturated carbocycles. The molecule has 2 unspecified atom stereocenters. The molecule has 6 heteroatoms. The summed E-state index contributed by atoms with van der Waals surface area (Å²) in [5.74, 6) is 0.367. The molecule has 0 aliphatic carbocycles. The summed E-state index contributed by atoms with van der Waals surface area (Å²) in [5.41, 5.74) is 5.96. The number of sulfonamides is 1. The van der Waals surface area contributed by atoms with Crippen LogP contribution in [0.25, 0.3) is 0 Å². The minimum absolute atomic E-state index is 0.0551. The molecule has 2 N–H and O–H groups in total. The van der Waals surface area contributed by atoms with Crippen molar-refractivity contribution >= 4 is 10.0 Å². The van der Waals surface area contributed by atoms with Gasteiger partial charge < -0.3 is 10.5 Å². The van der Waals surface area contributed by atoms with Gasteiger partial charge in [0.1, 0.15) is 0 Å². The second-order valence-electron chi connectivity index (χ2n) is 6.29. The molecule has 0 amide bonds. The molecule has 1 saturated heterocycles. The van der Waals surface area contributed by atoms with Gasteiger partial charge in [-0.05, 0) is 45.4 Å². The van der Waals surface area contributed by atoms with Gasteiger partial charge in [-0.3, -0.25) is 0 Å². The molecule has 0 bridgehead atoms. The number of methoxy groups -OCH3 is 1. The smallest absolute Gasteiger partial charge is 0.211 e. The Morgan fingerprint density at radius 3 is 2.63 bits per heavy atom. The van der Waals surface area contributed by atoms with E-state index in [4.69, 9.17) is 10.5 Å². The van der Waals surface area contributed by atoms with Crippen LogP contribution >= 0.6 is 0 Å². The maximum Gasteiger partial charge on any atom is 0.211 e. The van der Waals surface area contributed by atoms with E-state index in [2.05, 4.69) is 0 Å². The number of nitrogens with zero attached hydrogens (tertiary/aromatic N) is 1. The van der Waals surface area contributed by atoms with Crippen molar-refractivity contribution in [2.75, 3.05) is 26.5 Å². The fraction of sp³-hybridized carbons (Fsp3) is 1.00.